The Hall–Kier alpha value is -2.66. The zero-order valence-corrected chi connectivity index (χ0v) is 18.5. The SMILES string of the molecule is Cc1cccc(COc2ccccc2/C=C2/C(=O)N(C3CCCCC3)C(=S)N2C)c1. The highest BCUT2D eigenvalue weighted by molar-refractivity contribution is 7.80. The molecule has 1 saturated heterocycles. The van der Waals surface area contributed by atoms with E-state index in [0.717, 1.165) is 42.6 Å². The van der Waals surface area contributed by atoms with Gasteiger partial charge >= 0.3 is 0 Å². The third-order valence-electron chi connectivity index (χ3n) is 5.92. The first kappa shape index (κ1) is 20.6. The predicted octanol–water partition coefficient (Wildman–Crippen LogP) is 5.31. The smallest absolute Gasteiger partial charge is 0.277 e. The summed E-state index contributed by atoms with van der Waals surface area (Å²) in [6.45, 7) is 2.56. The zero-order valence-electron chi connectivity index (χ0n) is 17.6. The number of aryl methyl sites for hydroxylation is 1. The number of benzene rings is 2. The number of rotatable bonds is 5. The van der Waals surface area contributed by atoms with Crippen LogP contribution in [0.1, 0.15) is 48.8 Å². The van der Waals surface area contributed by atoms with Crippen molar-refractivity contribution in [1.29, 1.82) is 0 Å². The van der Waals surface area contributed by atoms with Gasteiger partial charge in [-0.3, -0.25) is 9.69 Å². The summed E-state index contributed by atoms with van der Waals surface area (Å²) in [5, 5.41) is 0.608. The van der Waals surface area contributed by atoms with Gasteiger partial charge in [0.2, 0.25) is 0 Å². The van der Waals surface area contributed by atoms with Crippen molar-refractivity contribution >= 4 is 29.3 Å². The summed E-state index contributed by atoms with van der Waals surface area (Å²) in [7, 11) is 1.88. The molecule has 0 atom stereocenters. The molecule has 5 heteroatoms. The van der Waals surface area contributed by atoms with Gasteiger partial charge in [-0.15, -0.1) is 0 Å². The normalized spacial score (nSPS) is 19.1. The van der Waals surface area contributed by atoms with E-state index in [0.29, 0.717) is 17.4 Å². The van der Waals surface area contributed by atoms with Crippen molar-refractivity contribution in [1.82, 2.24) is 9.80 Å². The molecule has 1 aliphatic heterocycles. The van der Waals surface area contributed by atoms with E-state index in [1.54, 1.807) is 0 Å². The molecule has 4 nitrogen and oxygen atoms in total. The number of thiocarbonyl (C=S) groups is 1. The van der Waals surface area contributed by atoms with Crippen molar-refractivity contribution in [2.75, 3.05) is 7.05 Å². The second-order valence-corrected chi connectivity index (χ2v) is 8.52. The Bertz CT molecular complexity index is 979. The molecule has 1 aliphatic carbocycles. The van der Waals surface area contributed by atoms with E-state index in [4.69, 9.17) is 17.0 Å². The first-order chi connectivity index (χ1) is 14.5. The molecular formula is C25H28N2O2S. The van der Waals surface area contributed by atoms with Gasteiger partial charge in [-0.2, -0.15) is 0 Å². The maximum atomic E-state index is 13.2. The molecule has 30 heavy (non-hydrogen) atoms. The fourth-order valence-electron chi connectivity index (χ4n) is 4.28. The third kappa shape index (κ3) is 4.26. The van der Waals surface area contributed by atoms with Crippen LogP contribution in [0.15, 0.2) is 54.2 Å². The van der Waals surface area contributed by atoms with Crippen molar-refractivity contribution in [3.63, 3.8) is 0 Å². The molecule has 2 aliphatic rings. The zero-order chi connectivity index (χ0) is 21.1. The summed E-state index contributed by atoms with van der Waals surface area (Å²) in [5.74, 6) is 0.762. The molecule has 1 saturated carbocycles. The number of hydrogen-bond acceptors (Lipinski definition) is 3. The van der Waals surface area contributed by atoms with Gasteiger partial charge in [-0.1, -0.05) is 67.3 Å². The van der Waals surface area contributed by atoms with Crippen LogP contribution in [0, 0.1) is 6.92 Å². The number of ether oxygens (including phenoxy) is 1. The van der Waals surface area contributed by atoms with E-state index >= 15 is 0 Å². The number of likely N-dealkylation sites (N-methyl/N-ethyl adjacent to an activating group) is 1. The molecule has 0 aromatic heterocycles. The van der Waals surface area contributed by atoms with Crippen LogP contribution in [0.2, 0.25) is 0 Å². The molecule has 2 aromatic rings. The molecule has 0 N–H and O–H groups in total. The molecule has 4 rings (SSSR count). The van der Waals surface area contributed by atoms with Crippen LogP contribution in [0.4, 0.5) is 0 Å². The molecule has 0 spiro atoms. The first-order valence-corrected chi connectivity index (χ1v) is 11.1. The van der Waals surface area contributed by atoms with E-state index in [1.165, 1.54) is 12.0 Å². The summed E-state index contributed by atoms with van der Waals surface area (Å²) in [6, 6.07) is 16.3. The van der Waals surface area contributed by atoms with Crippen LogP contribution >= 0.6 is 12.2 Å². The highest BCUT2D eigenvalue weighted by Crippen LogP contribution is 2.32. The van der Waals surface area contributed by atoms with Crippen molar-refractivity contribution in [2.24, 2.45) is 0 Å². The summed E-state index contributed by atoms with van der Waals surface area (Å²) >= 11 is 5.63. The maximum absolute atomic E-state index is 13.2. The Morgan fingerprint density at radius 2 is 1.87 bits per heavy atom. The van der Waals surface area contributed by atoms with Crippen molar-refractivity contribution < 1.29 is 9.53 Å². The van der Waals surface area contributed by atoms with E-state index in [1.807, 2.05) is 53.3 Å². The van der Waals surface area contributed by atoms with Gasteiger partial charge < -0.3 is 9.64 Å². The largest absolute Gasteiger partial charge is 0.488 e. The molecule has 0 unspecified atom stereocenters. The van der Waals surface area contributed by atoms with Crippen LogP contribution in [0.5, 0.6) is 5.75 Å². The predicted molar refractivity (Wildman–Crippen MR) is 124 cm³/mol. The van der Waals surface area contributed by atoms with Crippen LogP contribution in [-0.4, -0.2) is 33.9 Å². The number of carbonyl (C=O) groups is 1. The molecule has 2 aromatic carbocycles. The van der Waals surface area contributed by atoms with Gasteiger partial charge in [0.05, 0.1) is 0 Å². The lowest BCUT2D eigenvalue weighted by molar-refractivity contribution is -0.124. The van der Waals surface area contributed by atoms with Crippen LogP contribution < -0.4 is 4.74 Å². The van der Waals surface area contributed by atoms with E-state index < -0.39 is 0 Å². The molecule has 1 amide bonds. The van der Waals surface area contributed by atoms with Gasteiger partial charge in [-0.25, -0.2) is 0 Å². The standard InChI is InChI=1S/C25H28N2O2S/c1-18-9-8-10-19(15-18)17-29-23-14-7-6-11-20(23)16-22-24(28)27(25(30)26(22)2)21-12-4-3-5-13-21/h6-11,14-16,21H,3-5,12-13,17H2,1-2H3/b22-16-. The maximum Gasteiger partial charge on any atom is 0.277 e. The lowest BCUT2D eigenvalue weighted by atomic mass is 9.94. The molecule has 156 valence electrons. The van der Waals surface area contributed by atoms with Gasteiger partial charge in [0.25, 0.3) is 5.91 Å². The molecular weight excluding hydrogens is 392 g/mol. The number of amides is 1. The molecule has 2 fully saturated rings. The Balaban J connectivity index is 1.56. The summed E-state index contributed by atoms with van der Waals surface area (Å²) < 4.78 is 6.11. The average Bonchev–Trinajstić information content (AvgIpc) is 2.97. The fourth-order valence-corrected chi connectivity index (χ4v) is 4.61. The van der Waals surface area contributed by atoms with Gasteiger partial charge in [0.1, 0.15) is 18.1 Å². The first-order valence-electron chi connectivity index (χ1n) is 10.6. The highest BCUT2D eigenvalue weighted by Gasteiger charge is 2.40. The Labute approximate surface area is 184 Å². The molecule has 1 heterocycles. The van der Waals surface area contributed by atoms with E-state index in [-0.39, 0.29) is 11.9 Å². The average molecular weight is 421 g/mol. The minimum Gasteiger partial charge on any atom is -0.488 e. The second-order valence-electron chi connectivity index (χ2n) is 8.15. The summed E-state index contributed by atoms with van der Waals surface area (Å²) in [4.78, 5) is 16.9. The Morgan fingerprint density at radius 3 is 2.63 bits per heavy atom. The fraction of sp³-hybridized carbons (Fsp3) is 0.360. The van der Waals surface area contributed by atoms with Crippen LogP contribution in [0.3, 0.4) is 0 Å². The monoisotopic (exact) mass is 420 g/mol. The molecule has 0 radical (unpaired) electrons. The highest BCUT2D eigenvalue weighted by atomic mass is 32.1. The lowest BCUT2D eigenvalue weighted by Crippen LogP contribution is -2.41. The van der Waals surface area contributed by atoms with Crippen LogP contribution in [0.25, 0.3) is 6.08 Å². The third-order valence-corrected chi connectivity index (χ3v) is 6.39. The Morgan fingerprint density at radius 1 is 1.10 bits per heavy atom. The van der Waals surface area contributed by atoms with E-state index in [9.17, 15) is 4.79 Å². The van der Waals surface area contributed by atoms with Gasteiger partial charge in [0, 0.05) is 18.7 Å². The minimum absolute atomic E-state index is 0.00267. The number of nitrogens with zero attached hydrogens (tertiary/aromatic N) is 2. The Kier molecular flexibility index (Phi) is 6.18. The minimum atomic E-state index is 0.00267. The van der Waals surface area contributed by atoms with Crippen molar-refractivity contribution in [3.8, 4) is 5.75 Å². The lowest BCUT2D eigenvalue weighted by Gasteiger charge is -2.30. The number of para-hydroxylation sites is 1. The number of hydrogen-bond donors (Lipinski definition) is 0. The quantitative estimate of drug-likeness (QED) is 0.485. The van der Waals surface area contributed by atoms with Crippen molar-refractivity contribution in [2.45, 2.75) is 51.7 Å². The summed E-state index contributed by atoms with van der Waals surface area (Å²) in [5.41, 5.74) is 3.82. The van der Waals surface area contributed by atoms with Crippen molar-refractivity contribution in [3.05, 3.63) is 70.9 Å². The summed E-state index contributed by atoms with van der Waals surface area (Å²) in [6.07, 6.45) is 7.54. The molecule has 0 bridgehead atoms. The van der Waals surface area contributed by atoms with Gasteiger partial charge in [0.15, 0.2) is 5.11 Å². The number of carbonyl (C=O) groups excluding carboxylic acids is 1. The van der Waals surface area contributed by atoms with Gasteiger partial charge in [-0.05, 0) is 49.7 Å². The van der Waals surface area contributed by atoms with E-state index in [2.05, 4.69) is 25.1 Å². The van der Waals surface area contributed by atoms with Crippen LogP contribution in [-0.2, 0) is 11.4 Å². The second kappa shape index (κ2) is 9.00. The topological polar surface area (TPSA) is 32.8 Å².